The van der Waals surface area contributed by atoms with Crippen molar-refractivity contribution in [2.24, 2.45) is 0 Å². The summed E-state index contributed by atoms with van der Waals surface area (Å²) in [5, 5.41) is 2.60. The van der Waals surface area contributed by atoms with Gasteiger partial charge in [-0.15, -0.1) is 0 Å². The molecule has 0 radical (unpaired) electrons. The summed E-state index contributed by atoms with van der Waals surface area (Å²) in [5.41, 5.74) is 2.21. The summed E-state index contributed by atoms with van der Waals surface area (Å²) >= 11 is 0. The zero-order chi connectivity index (χ0) is 18.5. The third-order valence-electron chi connectivity index (χ3n) is 3.81. The molecule has 0 spiro atoms. The minimum atomic E-state index is -0.937. The summed E-state index contributed by atoms with van der Waals surface area (Å²) in [6, 6.07) is 11.5. The van der Waals surface area contributed by atoms with Gasteiger partial charge in [-0.2, -0.15) is 0 Å². The van der Waals surface area contributed by atoms with E-state index in [9.17, 15) is 14.0 Å². The van der Waals surface area contributed by atoms with E-state index in [-0.39, 0.29) is 12.0 Å². The molecule has 1 heterocycles. The van der Waals surface area contributed by atoms with Crippen LogP contribution in [0.3, 0.4) is 0 Å². The van der Waals surface area contributed by atoms with E-state index >= 15 is 0 Å². The number of rotatable bonds is 5. The minimum absolute atomic E-state index is 0.122. The lowest BCUT2D eigenvalue weighted by atomic mass is 10.1. The first-order chi connectivity index (χ1) is 12.6. The molecule has 0 bridgehead atoms. The van der Waals surface area contributed by atoms with Crippen molar-refractivity contribution in [1.82, 2.24) is 15.3 Å². The predicted molar refractivity (Wildman–Crippen MR) is 92.9 cm³/mol. The minimum Gasteiger partial charge on any atom is -0.467 e. The number of aromatic nitrogens is 2. The second-order valence-electron chi connectivity index (χ2n) is 5.61. The van der Waals surface area contributed by atoms with Crippen molar-refractivity contribution in [3.63, 3.8) is 0 Å². The predicted octanol–water partition coefficient (Wildman–Crippen LogP) is 2.28. The Bertz CT molecular complexity index is 944. The average Bonchev–Trinajstić information content (AvgIpc) is 2.67. The Hall–Kier alpha value is -3.35. The lowest BCUT2D eigenvalue weighted by Crippen LogP contribution is -2.43. The summed E-state index contributed by atoms with van der Waals surface area (Å²) in [5.74, 6) is -1.55. The van der Waals surface area contributed by atoms with Crippen LogP contribution in [0.25, 0.3) is 11.0 Å². The smallest absolute Gasteiger partial charge is 0.328 e. The fourth-order valence-corrected chi connectivity index (χ4v) is 2.48. The largest absolute Gasteiger partial charge is 0.467 e. The summed E-state index contributed by atoms with van der Waals surface area (Å²) < 4.78 is 17.8. The van der Waals surface area contributed by atoms with E-state index in [4.69, 9.17) is 4.74 Å². The Kier molecular flexibility index (Phi) is 5.17. The first-order valence-corrected chi connectivity index (χ1v) is 7.92. The monoisotopic (exact) mass is 353 g/mol. The van der Waals surface area contributed by atoms with Gasteiger partial charge in [-0.05, 0) is 36.4 Å². The highest BCUT2D eigenvalue weighted by molar-refractivity contribution is 5.96. The second kappa shape index (κ2) is 7.69. The van der Waals surface area contributed by atoms with Crippen LogP contribution in [0, 0.1) is 5.82 Å². The normalized spacial score (nSPS) is 11.8. The molecule has 0 aliphatic carbocycles. The van der Waals surface area contributed by atoms with E-state index in [2.05, 4.69) is 15.3 Å². The van der Waals surface area contributed by atoms with Gasteiger partial charge in [0.05, 0.1) is 23.8 Å². The molecule has 0 saturated heterocycles. The summed E-state index contributed by atoms with van der Waals surface area (Å²) in [6.07, 6.45) is 1.68. The van der Waals surface area contributed by atoms with Crippen molar-refractivity contribution >= 4 is 22.9 Å². The van der Waals surface area contributed by atoms with Crippen LogP contribution in [0.5, 0.6) is 0 Å². The van der Waals surface area contributed by atoms with Gasteiger partial charge in [0.25, 0.3) is 5.91 Å². The third kappa shape index (κ3) is 4.00. The summed E-state index contributed by atoms with van der Waals surface area (Å²) in [7, 11) is 1.24. The van der Waals surface area contributed by atoms with Crippen molar-refractivity contribution < 1.29 is 18.7 Å². The zero-order valence-corrected chi connectivity index (χ0v) is 14.0. The average molecular weight is 353 g/mol. The van der Waals surface area contributed by atoms with Crippen LogP contribution in [0.15, 0.2) is 54.7 Å². The highest BCUT2D eigenvalue weighted by Gasteiger charge is 2.23. The van der Waals surface area contributed by atoms with Gasteiger partial charge in [0.2, 0.25) is 0 Å². The van der Waals surface area contributed by atoms with Gasteiger partial charge in [-0.25, -0.2) is 14.2 Å². The Morgan fingerprint density at radius 1 is 1.12 bits per heavy atom. The number of hydrogen-bond acceptors (Lipinski definition) is 5. The molecule has 0 unspecified atom stereocenters. The van der Waals surface area contributed by atoms with E-state index in [0.717, 1.165) is 5.52 Å². The molecule has 7 heteroatoms. The SMILES string of the molecule is COC(=O)[C@@H](Cc1cnc2ccccc2n1)NC(=O)c1ccc(F)cc1. The van der Waals surface area contributed by atoms with Gasteiger partial charge >= 0.3 is 5.97 Å². The maximum absolute atomic E-state index is 13.0. The van der Waals surface area contributed by atoms with Gasteiger partial charge in [0.15, 0.2) is 0 Å². The number of halogens is 1. The van der Waals surface area contributed by atoms with E-state index in [1.807, 2.05) is 24.3 Å². The van der Waals surface area contributed by atoms with Gasteiger partial charge < -0.3 is 10.1 Å². The Morgan fingerprint density at radius 2 is 1.81 bits per heavy atom. The van der Waals surface area contributed by atoms with Crippen molar-refractivity contribution in [1.29, 1.82) is 0 Å². The van der Waals surface area contributed by atoms with E-state index in [0.29, 0.717) is 11.2 Å². The molecular weight excluding hydrogens is 337 g/mol. The summed E-state index contributed by atoms with van der Waals surface area (Å²) in [6.45, 7) is 0. The molecular formula is C19H16FN3O3. The maximum Gasteiger partial charge on any atom is 0.328 e. The summed E-state index contributed by atoms with van der Waals surface area (Å²) in [4.78, 5) is 33.1. The highest BCUT2D eigenvalue weighted by Crippen LogP contribution is 2.11. The first-order valence-electron chi connectivity index (χ1n) is 7.92. The van der Waals surface area contributed by atoms with Crippen LogP contribution in [0.2, 0.25) is 0 Å². The van der Waals surface area contributed by atoms with Crippen molar-refractivity contribution in [2.45, 2.75) is 12.5 Å². The molecule has 2 aromatic carbocycles. The van der Waals surface area contributed by atoms with Crippen LogP contribution >= 0.6 is 0 Å². The molecule has 3 rings (SSSR count). The molecule has 26 heavy (non-hydrogen) atoms. The van der Waals surface area contributed by atoms with E-state index in [1.165, 1.54) is 31.4 Å². The molecule has 0 aliphatic rings. The van der Waals surface area contributed by atoms with Gasteiger partial charge in [-0.3, -0.25) is 9.78 Å². The number of fused-ring (bicyclic) bond motifs is 1. The number of benzene rings is 2. The number of amides is 1. The fraction of sp³-hybridized carbons (Fsp3) is 0.158. The molecule has 6 nitrogen and oxygen atoms in total. The Labute approximate surface area is 149 Å². The quantitative estimate of drug-likeness (QED) is 0.712. The van der Waals surface area contributed by atoms with Crippen LogP contribution in [-0.4, -0.2) is 35.0 Å². The number of carbonyl (C=O) groups excluding carboxylic acids is 2. The Morgan fingerprint density at radius 3 is 2.50 bits per heavy atom. The van der Waals surface area contributed by atoms with Crippen LogP contribution in [0.4, 0.5) is 4.39 Å². The number of methoxy groups -OCH3 is 1. The maximum atomic E-state index is 13.0. The zero-order valence-electron chi connectivity index (χ0n) is 14.0. The van der Waals surface area contributed by atoms with Crippen LogP contribution < -0.4 is 5.32 Å². The molecule has 1 atom stereocenters. The first kappa shape index (κ1) is 17.5. The van der Waals surface area contributed by atoms with Crippen LogP contribution in [-0.2, 0) is 16.0 Å². The van der Waals surface area contributed by atoms with E-state index < -0.39 is 23.7 Å². The molecule has 1 aromatic heterocycles. The van der Waals surface area contributed by atoms with Crippen molar-refractivity contribution in [3.05, 3.63) is 71.8 Å². The number of nitrogens with zero attached hydrogens (tertiary/aromatic N) is 2. The molecule has 0 saturated carbocycles. The topological polar surface area (TPSA) is 81.2 Å². The third-order valence-corrected chi connectivity index (χ3v) is 3.81. The number of para-hydroxylation sites is 2. The lowest BCUT2D eigenvalue weighted by Gasteiger charge is -2.16. The van der Waals surface area contributed by atoms with Gasteiger partial charge in [0, 0.05) is 18.2 Å². The molecule has 1 amide bonds. The van der Waals surface area contributed by atoms with Crippen molar-refractivity contribution in [2.75, 3.05) is 7.11 Å². The molecule has 0 aliphatic heterocycles. The van der Waals surface area contributed by atoms with Gasteiger partial charge in [-0.1, -0.05) is 12.1 Å². The molecule has 0 fully saturated rings. The number of hydrogen-bond donors (Lipinski definition) is 1. The highest BCUT2D eigenvalue weighted by atomic mass is 19.1. The van der Waals surface area contributed by atoms with Crippen molar-refractivity contribution in [3.8, 4) is 0 Å². The number of ether oxygens (including phenoxy) is 1. The fourth-order valence-electron chi connectivity index (χ4n) is 2.48. The number of carbonyl (C=O) groups is 2. The van der Waals surface area contributed by atoms with Crippen LogP contribution in [0.1, 0.15) is 16.1 Å². The Balaban J connectivity index is 1.79. The standard InChI is InChI=1S/C19H16FN3O3/c1-26-19(25)17(23-18(24)12-6-8-13(20)9-7-12)10-14-11-21-15-4-2-3-5-16(15)22-14/h2-9,11,17H,10H2,1H3,(H,23,24)/t17-/m1/s1. The lowest BCUT2D eigenvalue weighted by molar-refractivity contribution is -0.142. The molecule has 1 N–H and O–H groups in total. The molecule has 132 valence electrons. The second-order valence-corrected chi connectivity index (χ2v) is 5.61. The number of nitrogens with one attached hydrogen (secondary N) is 1. The molecule has 3 aromatic rings. The van der Waals surface area contributed by atoms with E-state index in [1.54, 1.807) is 6.20 Å². The number of esters is 1. The van der Waals surface area contributed by atoms with Gasteiger partial charge in [0.1, 0.15) is 11.9 Å².